The monoisotopic (exact) mass is 347 g/mol. The molecule has 0 aliphatic carbocycles. The number of hydrogen-bond acceptors (Lipinski definition) is 5. The molecule has 0 bridgehead atoms. The zero-order valence-electron chi connectivity index (χ0n) is 14.5. The fourth-order valence-electron chi connectivity index (χ4n) is 3.11. The van der Waals surface area contributed by atoms with Crippen molar-refractivity contribution in [1.82, 2.24) is 10.2 Å². The Hall–Kier alpha value is -2.12. The van der Waals surface area contributed by atoms with Crippen molar-refractivity contribution < 1.29 is 19.1 Å². The van der Waals surface area contributed by atoms with Crippen molar-refractivity contribution in [3.63, 3.8) is 0 Å². The van der Waals surface area contributed by atoms with Crippen molar-refractivity contribution in [1.29, 1.82) is 0 Å². The highest BCUT2D eigenvalue weighted by molar-refractivity contribution is 5.95. The van der Waals surface area contributed by atoms with Crippen molar-refractivity contribution in [2.45, 2.75) is 31.9 Å². The first-order valence-corrected chi connectivity index (χ1v) is 8.80. The number of amides is 2. The van der Waals surface area contributed by atoms with Gasteiger partial charge in [-0.25, -0.2) is 0 Å². The van der Waals surface area contributed by atoms with Crippen LogP contribution in [-0.4, -0.2) is 61.7 Å². The number of nitrogens with one attached hydrogen (secondary N) is 2. The first-order chi connectivity index (χ1) is 12.1. The number of ether oxygens (including phenoxy) is 2. The predicted molar refractivity (Wildman–Crippen MR) is 93.6 cm³/mol. The average Bonchev–Trinajstić information content (AvgIpc) is 3.15. The molecule has 1 aromatic rings. The maximum atomic E-state index is 12.4. The zero-order valence-corrected chi connectivity index (χ0v) is 14.5. The summed E-state index contributed by atoms with van der Waals surface area (Å²) >= 11 is 0. The third kappa shape index (κ3) is 4.70. The highest BCUT2D eigenvalue weighted by Gasteiger charge is 2.28. The van der Waals surface area contributed by atoms with E-state index >= 15 is 0 Å². The van der Waals surface area contributed by atoms with E-state index in [-0.39, 0.29) is 30.6 Å². The molecule has 0 radical (unpaired) electrons. The molecule has 2 heterocycles. The van der Waals surface area contributed by atoms with Crippen LogP contribution in [0.1, 0.15) is 19.8 Å². The Bertz CT molecular complexity index is 616. The molecule has 2 saturated heterocycles. The van der Waals surface area contributed by atoms with E-state index in [1.165, 1.54) is 0 Å². The first-order valence-electron chi connectivity index (χ1n) is 8.80. The van der Waals surface area contributed by atoms with Crippen LogP contribution < -0.4 is 15.4 Å². The van der Waals surface area contributed by atoms with Crippen molar-refractivity contribution in [3.05, 3.63) is 24.3 Å². The van der Waals surface area contributed by atoms with E-state index in [0.29, 0.717) is 24.6 Å². The Morgan fingerprint density at radius 1 is 1.36 bits per heavy atom. The number of carbonyl (C=O) groups excluding carboxylic acids is 2. The molecule has 2 atom stereocenters. The van der Waals surface area contributed by atoms with Crippen LogP contribution in [0.5, 0.6) is 5.75 Å². The summed E-state index contributed by atoms with van der Waals surface area (Å²) in [5, 5.41) is 6.02. The maximum absolute atomic E-state index is 12.4. The lowest BCUT2D eigenvalue weighted by atomic mass is 10.1. The summed E-state index contributed by atoms with van der Waals surface area (Å²) < 4.78 is 11.1. The van der Waals surface area contributed by atoms with Crippen LogP contribution in [0.2, 0.25) is 0 Å². The number of anilines is 1. The molecule has 3 rings (SSSR count). The van der Waals surface area contributed by atoms with Gasteiger partial charge in [0.25, 0.3) is 5.91 Å². The molecular weight excluding hydrogens is 322 g/mol. The molecule has 2 aliphatic heterocycles. The molecule has 2 aliphatic rings. The minimum atomic E-state index is -0.380. The van der Waals surface area contributed by atoms with Gasteiger partial charge in [0.2, 0.25) is 5.91 Å². The molecule has 2 amide bonds. The molecule has 0 aromatic heterocycles. The van der Waals surface area contributed by atoms with Crippen LogP contribution in [0.15, 0.2) is 24.3 Å². The average molecular weight is 347 g/mol. The van der Waals surface area contributed by atoms with Crippen LogP contribution in [0.25, 0.3) is 0 Å². The normalized spacial score (nSPS) is 23.3. The smallest absolute Gasteiger partial charge is 0.260 e. The van der Waals surface area contributed by atoms with Crippen LogP contribution in [0.3, 0.4) is 0 Å². The largest absolute Gasteiger partial charge is 0.484 e. The molecule has 0 saturated carbocycles. The Morgan fingerprint density at radius 3 is 2.92 bits per heavy atom. The lowest BCUT2D eigenvalue weighted by Gasteiger charge is -2.29. The van der Waals surface area contributed by atoms with Gasteiger partial charge < -0.3 is 25.0 Å². The number of rotatable bonds is 5. The molecule has 0 spiro atoms. The van der Waals surface area contributed by atoms with Crippen LogP contribution >= 0.6 is 0 Å². The molecule has 2 N–H and O–H groups in total. The summed E-state index contributed by atoms with van der Waals surface area (Å²) in [4.78, 5) is 26.2. The molecule has 1 aromatic carbocycles. The number of nitrogens with zero attached hydrogens (tertiary/aromatic N) is 1. The van der Waals surface area contributed by atoms with E-state index in [2.05, 4.69) is 10.6 Å². The van der Waals surface area contributed by atoms with E-state index in [0.717, 1.165) is 25.9 Å². The van der Waals surface area contributed by atoms with Gasteiger partial charge in [0.1, 0.15) is 11.8 Å². The number of hydrogen-bond donors (Lipinski definition) is 2. The standard InChI is InChI=1S/C18H25N3O4/c1-13-17(19-7-10-24-13)18(23)20-14-5-4-6-15(11-14)25-12-16(22)21-8-2-3-9-21/h4-6,11,13,17,19H,2-3,7-10,12H2,1H3,(H,20,23)/t13-,17+/m1/s1. The van der Waals surface area contributed by atoms with Crippen LogP contribution in [0.4, 0.5) is 5.69 Å². The molecule has 2 fully saturated rings. The molecule has 136 valence electrons. The van der Waals surface area contributed by atoms with E-state index in [1.54, 1.807) is 24.3 Å². The van der Waals surface area contributed by atoms with Crippen LogP contribution in [-0.2, 0) is 14.3 Å². The summed E-state index contributed by atoms with van der Waals surface area (Å²) in [7, 11) is 0. The quantitative estimate of drug-likeness (QED) is 0.831. The minimum Gasteiger partial charge on any atom is -0.484 e. The van der Waals surface area contributed by atoms with Crippen LogP contribution in [0, 0.1) is 0 Å². The summed E-state index contributed by atoms with van der Waals surface area (Å²) in [5.41, 5.74) is 0.635. The fourth-order valence-corrected chi connectivity index (χ4v) is 3.11. The van der Waals surface area contributed by atoms with Crippen molar-refractivity contribution in [3.8, 4) is 5.75 Å². The Morgan fingerprint density at radius 2 is 2.16 bits per heavy atom. The predicted octanol–water partition coefficient (Wildman–Crippen LogP) is 1.00. The molecule has 25 heavy (non-hydrogen) atoms. The van der Waals surface area contributed by atoms with Gasteiger partial charge in [0, 0.05) is 31.4 Å². The topological polar surface area (TPSA) is 79.9 Å². The van der Waals surface area contributed by atoms with Crippen molar-refractivity contribution in [2.24, 2.45) is 0 Å². The second-order valence-corrected chi connectivity index (χ2v) is 6.40. The van der Waals surface area contributed by atoms with Crippen molar-refractivity contribution >= 4 is 17.5 Å². The Kier molecular flexibility index (Phi) is 5.88. The highest BCUT2D eigenvalue weighted by atomic mass is 16.5. The molecule has 0 unspecified atom stereocenters. The number of carbonyl (C=O) groups is 2. The van der Waals surface area contributed by atoms with Gasteiger partial charge in [-0.2, -0.15) is 0 Å². The molecular formula is C18H25N3O4. The lowest BCUT2D eigenvalue weighted by Crippen LogP contribution is -2.53. The molecule has 7 nitrogen and oxygen atoms in total. The number of benzene rings is 1. The number of morpholine rings is 1. The Labute approximate surface area is 147 Å². The third-order valence-electron chi connectivity index (χ3n) is 4.52. The summed E-state index contributed by atoms with van der Waals surface area (Å²) in [5.74, 6) is 0.424. The first kappa shape index (κ1) is 17.7. The van der Waals surface area contributed by atoms with Gasteiger partial charge in [0.15, 0.2) is 6.61 Å². The van der Waals surface area contributed by atoms with Gasteiger partial charge in [0.05, 0.1) is 12.7 Å². The maximum Gasteiger partial charge on any atom is 0.260 e. The summed E-state index contributed by atoms with van der Waals surface area (Å²) in [6.45, 7) is 4.79. The molecule has 7 heteroatoms. The van der Waals surface area contributed by atoms with Gasteiger partial charge >= 0.3 is 0 Å². The zero-order chi connectivity index (χ0) is 17.6. The van der Waals surface area contributed by atoms with E-state index in [4.69, 9.17) is 9.47 Å². The fraction of sp³-hybridized carbons (Fsp3) is 0.556. The van der Waals surface area contributed by atoms with Gasteiger partial charge in [-0.1, -0.05) is 6.07 Å². The SMILES string of the molecule is C[C@H]1OCCN[C@@H]1C(=O)Nc1cccc(OCC(=O)N2CCCC2)c1. The summed E-state index contributed by atoms with van der Waals surface area (Å²) in [6, 6.07) is 6.71. The van der Waals surface area contributed by atoms with E-state index < -0.39 is 0 Å². The second kappa shape index (κ2) is 8.31. The van der Waals surface area contributed by atoms with E-state index in [1.807, 2.05) is 11.8 Å². The van der Waals surface area contributed by atoms with Gasteiger partial charge in [-0.05, 0) is 31.9 Å². The Balaban J connectivity index is 1.53. The summed E-state index contributed by atoms with van der Waals surface area (Å²) in [6.07, 6.45) is 1.95. The lowest BCUT2D eigenvalue weighted by molar-refractivity contribution is -0.132. The van der Waals surface area contributed by atoms with Gasteiger partial charge in [-0.3, -0.25) is 9.59 Å². The second-order valence-electron chi connectivity index (χ2n) is 6.40. The van der Waals surface area contributed by atoms with Crippen molar-refractivity contribution in [2.75, 3.05) is 38.2 Å². The van der Waals surface area contributed by atoms with Gasteiger partial charge in [-0.15, -0.1) is 0 Å². The minimum absolute atomic E-state index is 0.00400. The number of likely N-dealkylation sites (tertiary alicyclic amines) is 1. The van der Waals surface area contributed by atoms with E-state index in [9.17, 15) is 9.59 Å². The highest BCUT2D eigenvalue weighted by Crippen LogP contribution is 2.19. The third-order valence-corrected chi connectivity index (χ3v) is 4.52.